The van der Waals surface area contributed by atoms with E-state index >= 15 is 0 Å². The summed E-state index contributed by atoms with van der Waals surface area (Å²) in [7, 11) is 0. The van der Waals surface area contributed by atoms with E-state index in [0.29, 0.717) is 6.42 Å². The molecule has 0 aromatic rings. The van der Waals surface area contributed by atoms with E-state index in [1.807, 2.05) is 4.90 Å². The van der Waals surface area contributed by atoms with Crippen molar-refractivity contribution in [3.63, 3.8) is 0 Å². The number of carbonyl (C=O) groups excluding carboxylic acids is 2. The van der Waals surface area contributed by atoms with Crippen molar-refractivity contribution in [2.24, 2.45) is 11.7 Å². The van der Waals surface area contributed by atoms with Crippen molar-refractivity contribution >= 4 is 11.8 Å². The number of amides is 2. The van der Waals surface area contributed by atoms with Crippen LogP contribution in [0.25, 0.3) is 0 Å². The summed E-state index contributed by atoms with van der Waals surface area (Å²) in [5.41, 5.74) is 5.46. The molecule has 0 atom stereocenters. The molecule has 1 heterocycles. The second kappa shape index (κ2) is 11.5. The van der Waals surface area contributed by atoms with Gasteiger partial charge in [0.2, 0.25) is 11.8 Å². The number of likely N-dealkylation sites (tertiary alicyclic amines) is 1. The zero-order valence-electron chi connectivity index (χ0n) is 14.1. The Morgan fingerprint density at radius 2 is 1.77 bits per heavy atom. The topological polar surface area (TPSA) is 75.4 Å². The first-order valence-corrected chi connectivity index (χ1v) is 8.94. The van der Waals surface area contributed by atoms with Gasteiger partial charge >= 0.3 is 0 Å². The summed E-state index contributed by atoms with van der Waals surface area (Å²) in [6, 6.07) is 0. The lowest BCUT2D eigenvalue weighted by Gasteiger charge is -2.31. The second-order valence-electron chi connectivity index (χ2n) is 6.25. The molecule has 0 aromatic heterocycles. The summed E-state index contributed by atoms with van der Waals surface area (Å²) in [6.07, 6.45) is 8.57. The smallest absolute Gasteiger partial charge is 0.223 e. The van der Waals surface area contributed by atoms with Crippen molar-refractivity contribution in [2.75, 3.05) is 26.2 Å². The largest absolute Gasteiger partial charge is 0.356 e. The average molecular weight is 311 g/mol. The number of hydrogen-bond acceptors (Lipinski definition) is 3. The summed E-state index contributed by atoms with van der Waals surface area (Å²) in [6.45, 7) is 5.09. The molecule has 1 fully saturated rings. The van der Waals surface area contributed by atoms with Crippen LogP contribution >= 0.6 is 0 Å². The highest BCUT2D eigenvalue weighted by Gasteiger charge is 2.26. The zero-order chi connectivity index (χ0) is 16.2. The van der Waals surface area contributed by atoms with Gasteiger partial charge in [-0.15, -0.1) is 0 Å². The fourth-order valence-corrected chi connectivity index (χ4v) is 2.86. The van der Waals surface area contributed by atoms with Crippen molar-refractivity contribution in [1.82, 2.24) is 10.2 Å². The molecule has 1 saturated heterocycles. The molecule has 5 heteroatoms. The molecule has 0 bridgehead atoms. The first kappa shape index (κ1) is 18.9. The van der Waals surface area contributed by atoms with Gasteiger partial charge in [0.15, 0.2) is 0 Å². The van der Waals surface area contributed by atoms with Crippen LogP contribution in [0.3, 0.4) is 0 Å². The van der Waals surface area contributed by atoms with Crippen LogP contribution in [-0.4, -0.2) is 42.9 Å². The summed E-state index contributed by atoms with van der Waals surface area (Å²) in [4.78, 5) is 26.0. The normalized spacial score (nSPS) is 15.8. The number of nitrogens with zero attached hydrogens (tertiary/aromatic N) is 1. The van der Waals surface area contributed by atoms with Gasteiger partial charge in [-0.3, -0.25) is 9.59 Å². The molecule has 2 amide bonds. The van der Waals surface area contributed by atoms with Crippen molar-refractivity contribution in [3.8, 4) is 0 Å². The minimum atomic E-state index is 0.0884. The van der Waals surface area contributed by atoms with Gasteiger partial charge in [-0.2, -0.15) is 0 Å². The number of piperidine rings is 1. The molecule has 0 aromatic carbocycles. The van der Waals surface area contributed by atoms with Crippen LogP contribution in [-0.2, 0) is 9.59 Å². The Morgan fingerprint density at radius 3 is 2.41 bits per heavy atom. The highest BCUT2D eigenvalue weighted by atomic mass is 16.2. The number of carbonyl (C=O) groups is 2. The van der Waals surface area contributed by atoms with Crippen LogP contribution in [0.4, 0.5) is 0 Å². The van der Waals surface area contributed by atoms with Gasteiger partial charge in [0.25, 0.3) is 0 Å². The standard InChI is InChI=1S/C17H33N3O2/c1-2-3-12-19-17(22)15-9-13-20(14-10-15)16(21)8-6-4-5-7-11-18/h15H,2-14,18H2,1H3,(H,19,22). The quantitative estimate of drug-likeness (QED) is 0.606. The van der Waals surface area contributed by atoms with E-state index in [0.717, 1.165) is 77.5 Å². The van der Waals surface area contributed by atoms with Gasteiger partial charge in [-0.05, 0) is 38.6 Å². The lowest BCUT2D eigenvalue weighted by molar-refractivity contribution is -0.135. The molecule has 0 spiro atoms. The third kappa shape index (κ3) is 7.25. The average Bonchev–Trinajstić information content (AvgIpc) is 2.54. The minimum Gasteiger partial charge on any atom is -0.356 e. The highest BCUT2D eigenvalue weighted by Crippen LogP contribution is 2.18. The van der Waals surface area contributed by atoms with Crippen molar-refractivity contribution in [3.05, 3.63) is 0 Å². The highest BCUT2D eigenvalue weighted by molar-refractivity contribution is 5.80. The van der Waals surface area contributed by atoms with Crippen LogP contribution in [0, 0.1) is 5.92 Å². The molecular formula is C17H33N3O2. The van der Waals surface area contributed by atoms with E-state index in [1.54, 1.807) is 0 Å². The molecule has 0 aliphatic carbocycles. The maximum absolute atomic E-state index is 12.1. The van der Waals surface area contributed by atoms with Crippen LogP contribution in [0.2, 0.25) is 0 Å². The number of nitrogens with two attached hydrogens (primary N) is 1. The fraction of sp³-hybridized carbons (Fsp3) is 0.882. The lowest BCUT2D eigenvalue weighted by Crippen LogP contribution is -2.43. The first-order chi connectivity index (χ1) is 10.7. The minimum absolute atomic E-state index is 0.0884. The Hall–Kier alpha value is -1.10. The molecule has 128 valence electrons. The molecule has 22 heavy (non-hydrogen) atoms. The molecular weight excluding hydrogens is 278 g/mol. The van der Waals surface area contributed by atoms with Gasteiger partial charge in [-0.1, -0.05) is 26.2 Å². The van der Waals surface area contributed by atoms with Crippen LogP contribution in [0.5, 0.6) is 0 Å². The van der Waals surface area contributed by atoms with Crippen molar-refractivity contribution in [1.29, 1.82) is 0 Å². The predicted molar refractivity (Wildman–Crippen MR) is 89.4 cm³/mol. The fourth-order valence-electron chi connectivity index (χ4n) is 2.86. The van der Waals surface area contributed by atoms with E-state index in [1.165, 1.54) is 0 Å². The van der Waals surface area contributed by atoms with Gasteiger partial charge in [0.1, 0.15) is 0 Å². The molecule has 0 radical (unpaired) electrons. The molecule has 3 N–H and O–H groups in total. The Bertz CT molecular complexity index is 326. The van der Waals surface area contributed by atoms with Crippen LogP contribution in [0.1, 0.15) is 64.7 Å². The Kier molecular flexibility index (Phi) is 9.87. The summed E-state index contributed by atoms with van der Waals surface area (Å²) in [5.74, 6) is 0.505. The number of unbranched alkanes of at least 4 members (excludes halogenated alkanes) is 4. The van der Waals surface area contributed by atoms with Gasteiger partial charge < -0.3 is 16.0 Å². The second-order valence-corrected chi connectivity index (χ2v) is 6.25. The van der Waals surface area contributed by atoms with E-state index in [-0.39, 0.29) is 17.7 Å². The molecule has 0 unspecified atom stereocenters. The first-order valence-electron chi connectivity index (χ1n) is 8.94. The van der Waals surface area contributed by atoms with Crippen molar-refractivity contribution in [2.45, 2.75) is 64.7 Å². The number of nitrogens with one attached hydrogen (secondary N) is 1. The summed E-state index contributed by atoms with van der Waals surface area (Å²) in [5, 5.41) is 3.00. The van der Waals surface area contributed by atoms with E-state index in [4.69, 9.17) is 5.73 Å². The van der Waals surface area contributed by atoms with Crippen LogP contribution < -0.4 is 11.1 Å². The van der Waals surface area contributed by atoms with Gasteiger partial charge in [0, 0.05) is 32.0 Å². The Labute approximate surface area is 135 Å². The Morgan fingerprint density at radius 1 is 1.09 bits per heavy atom. The predicted octanol–water partition coefficient (Wildman–Crippen LogP) is 2.05. The maximum atomic E-state index is 12.1. The third-order valence-electron chi connectivity index (χ3n) is 4.39. The van der Waals surface area contributed by atoms with E-state index < -0.39 is 0 Å². The molecule has 1 aliphatic rings. The van der Waals surface area contributed by atoms with Crippen molar-refractivity contribution < 1.29 is 9.59 Å². The van der Waals surface area contributed by atoms with Gasteiger partial charge in [0.05, 0.1) is 0 Å². The molecule has 5 nitrogen and oxygen atoms in total. The maximum Gasteiger partial charge on any atom is 0.223 e. The third-order valence-corrected chi connectivity index (χ3v) is 4.39. The molecule has 0 saturated carbocycles. The Balaban J connectivity index is 2.15. The summed E-state index contributed by atoms with van der Waals surface area (Å²) >= 11 is 0. The SMILES string of the molecule is CCCCNC(=O)C1CCN(C(=O)CCCCCCN)CC1. The zero-order valence-corrected chi connectivity index (χ0v) is 14.1. The van der Waals surface area contributed by atoms with E-state index in [9.17, 15) is 9.59 Å². The molecule has 1 aliphatic heterocycles. The molecule has 1 rings (SSSR count). The number of hydrogen-bond donors (Lipinski definition) is 2. The van der Waals surface area contributed by atoms with Gasteiger partial charge in [-0.25, -0.2) is 0 Å². The monoisotopic (exact) mass is 311 g/mol. The van der Waals surface area contributed by atoms with E-state index in [2.05, 4.69) is 12.2 Å². The van der Waals surface area contributed by atoms with Crippen LogP contribution in [0.15, 0.2) is 0 Å². The lowest BCUT2D eigenvalue weighted by atomic mass is 9.95. The number of rotatable bonds is 10. The summed E-state index contributed by atoms with van der Waals surface area (Å²) < 4.78 is 0.